The Balaban J connectivity index is 2.21. The summed E-state index contributed by atoms with van der Waals surface area (Å²) in [5, 5.41) is 0. The van der Waals surface area contributed by atoms with Gasteiger partial charge in [0, 0.05) is 25.5 Å². The Hall–Kier alpha value is -2.15. The van der Waals surface area contributed by atoms with E-state index in [0.29, 0.717) is 13.2 Å². The Morgan fingerprint density at radius 2 is 2.30 bits per heavy atom. The number of anilines is 1. The molecule has 1 saturated heterocycles. The zero-order chi connectivity index (χ0) is 14.4. The van der Waals surface area contributed by atoms with E-state index < -0.39 is 5.97 Å². The summed E-state index contributed by atoms with van der Waals surface area (Å²) in [4.78, 5) is 22.3. The van der Waals surface area contributed by atoms with E-state index in [9.17, 15) is 4.79 Å². The second kappa shape index (κ2) is 6.85. The quantitative estimate of drug-likeness (QED) is 0.620. The van der Waals surface area contributed by atoms with Gasteiger partial charge >= 0.3 is 5.97 Å². The molecular formula is C13H18N4O3. The molecule has 0 radical (unpaired) electrons. The predicted octanol–water partition coefficient (Wildman–Crippen LogP) is 0.176. The number of esters is 1. The van der Waals surface area contributed by atoms with E-state index in [1.165, 1.54) is 6.20 Å². The lowest BCUT2D eigenvalue weighted by Crippen LogP contribution is -2.36. The first-order valence-electron chi connectivity index (χ1n) is 6.51. The number of aromatic nitrogens is 2. The third kappa shape index (κ3) is 3.24. The Kier molecular flexibility index (Phi) is 4.89. The fourth-order valence-corrected chi connectivity index (χ4v) is 1.89. The Labute approximate surface area is 117 Å². The van der Waals surface area contributed by atoms with Crippen LogP contribution in [0.25, 0.3) is 5.57 Å². The van der Waals surface area contributed by atoms with E-state index in [-0.39, 0.29) is 18.0 Å². The molecule has 1 fully saturated rings. The van der Waals surface area contributed by atoms with Crippen molar-refractivity contribution in [2.24, 2.45) is 5.73 Å². The van der Waals surface area contributed by atoms with Crippen molar-refractivity contribution >= 4 is 17.4 Å². The van der Waals surface area contributed by atoms with Crippen molar-refractivity contribution in [3.63, 3.8) is 0 Å². The van der Waals surface area contributed by atoms with Crippen molar-refractivity contribution in [1.29, 1.82) is 0 Å². The number of ether oxygens (including phenoxy) is 2. The molecule has 1 aromatic heterocycles. The zero-order valence-corrected chi connectivity index (χ0v) is 11.4. The maximum atomic E-state index is 11.8. The minimum atomic E-state index is -0.519. The summed E-state index contributed by atoms with van der Waals surface area (Å²) in [6.45, 7) is 4.86. The van der Waals surface area contributed by atoms with Gasteiger partial charge in [0.2, 0.25) is 0 Å². The first-order chi connectivity index (χ1) is 9.76. The standard InChI is InChI=1S/C13H18N4O3/c1-2-20-13(18)10(9-14)12-15-4-3-11(16-12)17-5-7-19-8-6-17/h3-4,9H,2,5-8,14H2,1H3. The number of hydrogen-bond acceptors (Lipinski definition) is 7. The molecule has 0 unspecified atom stereocenters. The van der Waals surface area contributed by atoms with Gasteiger partial charge in [-0.1, -0.05) is 0 Å². The molecule has 0 aromatic carbocycles. The first kappa shape index (κ1) is 14.3. The van der Waals surface area contributed by atoms with Gasteiger partial charge < -0.3 is 20.1 Å². The smallest absolute Gasteiger partial charge is 0.343 e. The second-order valence-electron chi connectivity index (χ2n) is 4.14. The summed E-state index contributed by atoms with van der Waals surface area (Å²) in [5.74, 6) is 0.506. The maximum absolute atomic E-state index is 11.8. The van der Waals surface area contributed by atoms with E-state index in [0.717, 1.165) is 18.9 Å². The van der Waals surface area contributed by atoms with Crippen LogP contribution in [0.1, 0.15) is 12.7 Å². The molecule has 2 rings (SSSR count). The van der Waals surface area contributed by atoms with E-state index in [2.05, 4.69) is 14.9 Å². The van der Waals surface area contributed by atoms with Crippen molar-refractivity contribution in [3.8, 4) is 0 Å². The van der Waals surface area contributed by atoms with Gasteiger partial charge in [0.1, 0.15) is 11.4 Å². The maximum Gasteiger partial charge on any atom is 0.343 e. The van der Waals surface area contributed by atoms with Crippen LogP contribution >= 0.6 is 0 Å². The van der Waals surface area contributed by atoms with Crippen LogP contribution < -0.4 is 10.6 Å². The second-order valence-corrected chi connectivity index (χ2v) is 4.14. The van der Waals surface area contributed by atoms with Gasteiger partial charge in [-0.25, -0.2) is 14.8 Å². The molecule has 7 nitrogen and oxygen atoms in total. The molecule has 7 heteroatoms. The molecule has 0 amide bonds. The summed E-state index contributed by atoms with van der Waals surface area (Å²) >= 11 is 0. The lowest BCUT2D eigenvalue weighted by molar-refractivity contribution is -0.136. The van der Waals surface area contributed by atoms with Crippen molar-refractivity contribution in [1.82, 2.24) is 9.97 Å². The van der Waals surface area contributed by atoms with Gasteiger partial charge in [0.15, 0.2) is 5.82 Å². The largest absolute Gasteiger partial charge is 0.462 e. The van der Waals surface area contributed by atoms with Crippen LogP contribution in [0, 0.1) is 0 Å². The summed E-state index contributed by atoms with van der Waals surface area (Å²) in [6.07, 6.45) is 2.78. The first-order valence-corrected chi connectivity index (χ1v) is 6.51. The van der Waals surface area contributed by atoms with Crippen molar-refractivity contribution in [3.05, 3.63) is 24.3 Å². The molecular weight excluding hydrogens is 260 g/mol. The van der Waals surface area contributed by atoms with Gasteiger partial charge in [-0.2, -0.15) is 0 Å². The molecule has 108 valence electrons. The van der Waals surface area contributed by atoms with Crippen LogP contribution in [-0.4, -0.2) is 48.8 Å². The van der Waals surface area contributed by atoms with Gasteiger partial charge in [0.05, 0.1) is 19.8 Å². The van der Waals surface area contributed by atoms with Crippen molar-refractivity contribution < 1.29 is 14.3 Å². The average molecular weight is 278 g/mol. The summed E-state index contributed by atoms with van der Waals surface area (Å²) in [6, 6.07) is 1.80. The molecule has 0 spiro atoms. The number of nitrogens with two attached hydrogens (primary N) is 1. The number of rotatable bonds is 4. The molecule has 0 atom stereocenters. The zero-order valence-electron chi connectivity index (χ0n) is 11.4. The molecule has 20 heavy (non-hydrogen) atoms. The molecule has 2 N–H and O–H groups in total. The monoisotopic (exact) mass is 278 g/mol. The van der Waals surface area contributed by atoms with Gasteiger partial charge in [-0.15, -0.1) is 0 Å². The molecule has 2 heterocycles. The minimum Gasteiger partial charge on any atom is -0.462 e. The molecule has 1 aliphatic rings. The lowest BCUT2D eigenvalue weighted by atomic mass is 10.2. The molecule has 0 saturated carbocycles. The van der Waals surface area contributed by atoms with E-state index >= 15 is 0 Å². The normalized spacial score (nSPS) is 16.1. The van der Waals surface area contributed by atoms with Crippen LogP contribution in [0.4, 0.5) is 5.82 Å². The molecule has 0 bridgehead atoms. The third-order valence-corrected chi connectivity index (χ3v) is 2.88. The van der Waals surface area contributed by atoms with Crippen molar-refractivity contribution in [2.45, 2.75) is 6.92 Å². The fraction of sp³-hybridized carbons (Fsp3) is 0.462. The Morgan fingerprint density at radius 3 is 2.95 bits per heavy atom. The SMILES string of the molecule is CCOC(=O)C(=CN)c1nccc(N2CCOCC2)n1. The van der Waals surface area contributed by atoms with Crippen LogP contribution in [0.5, 0.6) is 0 Å². The van der Waals surface area contributed by atoms with Crippen LogP contribution in [0.3, 0.4) is 0 Å². The lowest BCUT2D eigenvalue weighted by Gasteiger charge is -2.27. The van der Waals surface area contributed by atoms with Gasteiger partial charge in [0.25, 0.3) is 0 Å². The number of hydrogen-bond donors (Lipinski definition) is 1. The summed E-state index contributed by atoms with van der Waals surface area (Å²) < 4.78 is 10.2. The van der Waals surface area contributed by atoms with Gasteiger partial charge in [-0.05, 0) is 13.0 Å². The van der Waals surface area contributed by atoms with Crippen LogP contribution in [0.2, 0.25) is 0 Å². The van der Waals surface area contributed by atoms with Crippen LogP contribution in [0.15, 0.2) is 18.5 Å². The minimum absolute atomic E-state index is 0.168. The predicted molar refractivity (Wildman–Crippen MR) is 73.9 cm³/mol. The highest BCUT2D eigenvalue weighted by atomic mass is 16.5. The number of morpholine rings is 1. The number of carbonyl (C=O) groups is 1. The highest BCUT2D eigenvalue weighted by molar-refractivity contribution is 6.15. The Bertz CT molecular complexity index is 498. The highest BCUT2D eigenvalue weighted by Crippen LogP contribution is 2.16. The van der Waals surface area contributed by atoms with Crippen LogP contribution in [-0.2, 0) is 14.3 Å². The Morgan fingerprint density at radius 1 is 1.55 bits per heavy atom. The number of nitrogens with zero attached hydrogens (tertiary/aromatic N) is 3. The summed E-state index contributed by atoms with van der Waals surface area (Å²) in [7, 11) is 0. The third-order valence-electron chi connectivity index (χ3n) is 2.88. The van der Waals surface area contributed by atoms with Crippen molar-refractivity contribution in [2.75, 3.05) is 37.8 Å². The number of carbonyl (C=O) groups excluding carboxylic acids is 1. The van der Waals surface area contributed by atoms with Gasteiger partial charge in [-0.3, -0.25) is 0 Å². The molecule has 0 aliphatic carbocycles. The van der Waals surface area contributed by atoms with E-state index in [1.54, 1.807) is 19.2 Å². The van der Waals surface area contributed by atoms with E-state index in [4.69, 9.17) is 15.2 Å². The van der Waals surface area contributed by atoms with E-state index in [1.807, 2.05) is 0 Å². The fourth-order valence-electron chi connectivity index (χ4n) is 1.89. The molecule has 1 aromatic rings. The molecule has 1 aliphatic heterocycles. The highest BCUT2D eigenvalue weighted by Gasteiger charge is 2.18. The average Bonchev–Trinajstić information content (AvgIpc) is 2.49. The topological polar surface area (TPSA) is 90.6 Å². The summed E-state index contributed by atoms with van der Waals surface area (Å²) in [5.41, 5.74) is 5.66.